The number of carbonyl (C=O) groups is 1. The van der Waals surface area contributed by atoms with Crippen molar-refractivity contribution in [3.05, 3.63) is 18.2 Å². The number of rotatable bonds is 9. The molecule has 6 nitrogen and oxygen atoms in total. The van der Waals surface area contributed by atoms with Gasteiger partial charge in [-0.15, -0.1) is 0 Å². The second-order valence-electron chi connectivity index (χ2n) is 4.57. The average molecular weight is 296 g/mol. The van der Waals surface area contributed by atoms with E-state index in [-0.39, 0.29) is 11.9 Å². The molecule has 1 unspecified atom stereocenters. The fraction of sp³-hybridized carbons (Fsp3) is 0.533. The van der Waals surface area contributed by atoms with Gasteiger partial charge in [0.2, 0.25) is 5.91 Å². The molecule has 0 saturated carbocycles. The first-order valence-electron chi connectivity index (χ1n) is 6.87. The predicted octanol–water partition coefficient (Wildman–Crippen LogP) is 1.66. The third-order valence-electron chi connectivity index (χ3n) is 3.00. The minimum Gasteiger partial charge on any atom is -0.497 e. The lowest BCUT2D eigenvalue weighted by Gasteiger charge is -2.18. The largest absolute Gasteiger partial charge is 0.497 e. The molecule has 0 spiro atoms. The lowest BCUT2D eigenvalue weighted by molar-refractivity contribution is -0.121. The van der Waals surface area contributed by atoms with Gasteiger partial charge in [-0.05, 0) is 25.5 Å². The number of anilines is 1. The third-order valence-corrected chi connectivity index (χ3v) is 3.00. The van der Waals surface area contributed by atoms with Gasteiger partial charge in [0.25, 0.3) is 0 Å². The van der Waals surface area contributed by atoms with E-state index >= 15 is 0 Å². The molecule has 0 heterocycles. The minimum atomic E-state index is -0.381. The van der Waals surface area contributed by atoms with Crippen molar-refractivity contribution in [2.24, 2.45) is 0 Å². The van der Waals surface area contributed by atoms with Crippen molar-refractivity contribution in [3.8, 4) is 11.5 Å². The van der Waals surface area contributed by atoms with E-state index in [9.17, 15) is 4.79 Å². The molecule has 21 heavy (non-hydrogen) atoms. The van der Waals surface area contributed by atoms with E-state index in [1.165, 1.54) is 0 Å². The SMILES string of the molecule is COCCCNC(=O)C(C)Nc1cc(OC)ccc1OC. The Balaban J connectivity index is 2.60. The molecule has 0 aromatic heterocycles. The van der Waals surface area contributed by atoms with E-state index in [1.807, 2.05) is 0 Å². The summed E-state index contributed by atoms with van der Waals surface area (Å²) < 4.78 is 15.4. The zero-order chi connectivity index (χ0) is 15.7. The van der Waals surface area contributed by atoms with Gasteiger partial charge in [-0.3, -0.25) is 4.79 Å². The zero-order valence-electron chi connectivity index (χ0n) is 13.1. The molecule has 0 bridgehead atoms. The third kappa shape index (κ3) is 5.51. The number of carbonyl (C=O) groups excluding carboxylic acids is 1. The summed E-state index contributed by atoms with van der Waals surface area (Å²) >= 11 is 0. The van der Waals surface area contributed by atoms with Crippen molar-refractivity contribution in [3.63, 3.8) is 0 Å². The Morgan fingerprint density at radius 2 is 2.00 bits per heavy atom. The van der Waals surface area contributed by atoms with E-state index in [2.05, 4.69) is 10.6 Å². The van der Waals surface area contributed by atoms with Crippen LogP contribution in [0.3, 0.4) is 0 Å². The predicted molar refractivity (Wildman–Crippen MR) is 82.1 cm³/mol. The van der Waals surface area contributed by atoms with E-state index in [0.717, 1.165) is 12.1 Å². The Kier molecular flexibility index (Phi) is 7.39. The first-order chi connectivity index (χ1) is 10.1. The Bertz CT molecular complexity index is 451. The summed E-state index contributed by atoms with van der Waals surface area (Å²) in [6, 6.07) is 5.02. The van der Waals surface area contributed by atoms with Crippen LogP contribution in [0.2, 0.25) is 0 Å². The molecule has 0 saturated heterocycles. The molecule has 118 valence electrons. The van der Waals surface area contributed by atoms with Crippen LogP contribution in [0, 0.1) is 0 Å². The van der Waals surface area contributed by atoms with Gasteiger partial charge in [-0.2, -0.15) is 0 Å². The fourth-order valence-corrected chi connectivity index (χ4v) is 1.81. The Labute approximate surface area is 125 Å². The second kappa shape index (κ2) is 9.07. The standard InChI is InChI=1S/C15H24N2O4/c1-11(15(18)16-8-5-9-19-2)17-13-10-12(20-3)6-7-14(13)21-4/h6-7,10-11,17H,5,8-9H2,1-4H3,(H,16,18). The molecule has 0 fully saturated rings. The van der Waals surface area contributed by atoms with Crippen LogP contribution in [0.1, 0.15) is 13.3 Å². The number of hydrogen-bond acceptors (Lipinski definition) is 5. The normalized spacial score (nSPS) is 11.6. The molecule has 1 atom stereocenters. The highest BCUT2D eigenvalue weighted by Crippen LogP contribution is 2.29. The first kappa shape index (κ1) is 17.1. The summed E-state index contributed by atoms with van der Waals surface area (Å²) in [5.74, 6) is 1.29. The summed E-state index contributed by atoms with van der Waals surface area (Å²) in [5, 5.41) is 5.98. The molecule has 0 aliphatic heterocycles. The topological polar surface area (TPSA) is 68.8 Å². The maximum Gasteiger partial charge on any atom is 0.242 e. The Morgan fingerprint density at radius 3 is 2.62 bits per heavy atom. The second-order valence-corrected chi connectivity index (χ2v) is 4.57. The summed E-state index contributed by atoms with van der Waals surface area (Å²) in [4.78, 5) is 12.0. The van der Waals surface area contributed by atoms with E-state index in [0.29, 0.717) is 24.7 Å². The number of ether oxygens (including phenoxy) is 3. The lowest BCUT2D eigenvalue weighted by Crippen LogP contribution is -2.38. The number of methoxy groups -OCH3 is 3. The monoisotopic (exact) mass is 296 g/mol. The minimum absolute atomic E-state index is 0.0732. The Morgan fingerprint density at radius 1 is 1.24 bits per heavy atom. The van der Waals surface area contributed by atoms with Crippen LogP contribution in [0.15, 0.2) is 18.2 Å². The van der Waals surface area contributed by atoms with E-state index < -0.39 is 0 Å². The molecular weight excluding hydrogens is 272 g/mol. The average Bonchev–Trinajstić information content (AvgIpc) is 2.51. The van der Waals surface area contributed by atoms with Gasteiger partial charge in [0.05, 0.1) is 19.9 Å². The summed E-state index contributed by atoms with van der Waals surface area (Å²) in [5.41, 5.74) is 0.719. The molecule has 1 rings (SSSR count). The molecule has 1 aromatic rings. The van der Waals surface area contributed by atoms with Crippen LogP contribution in [0.25, 0.3) is 0 Å². The van der Waals surface area contributed by atoms with Gasteiger partial charge in [0.15, 0.2) is 0 Å². The maximum atomic E-state index is 12.0. The van der Waals surface area contributed by atoms with Crippen molar-refractivity contribution < 1.29 is 19.0 Å². The molecular formula is C15H24N2O4. The molecule has 0 aliphatic carbocycles. The highest BCUT2D eigenvalue weighted by atomic mass is 16.5. The molecule has 6 heteroatoms. The summed E-state index contributed by atoms with van der Waals surface area (Å²) in [7, 11) is 4.82. The van der Waals surface area contributed by atoms with Gasteiger partial charge in [0.1, 0.15) is 17.5 Å². The number of hydrogen-bond donors (Lipinski definition) is 2. The van der Waals surface area contributed by atoms with Crippen molar-refractivity contribution in [1.82, 2.24) is 5.32 Å². The quantitative estimate of drug-likeness (QED) is 0.678. The molecule has 0 radical (unpaired) electrons. The smallest absolute Gasteiger partial charge is 0.242 e. The Hall–Kier alpha value is -1.95. The molecule has 1 amide bonds. The zero-order valence-corrected chi connectivity index (χ0v) is 13.1. The van der Waals surface area contributed by atoms with Gasteiger partial charge >= 0.3 is 0 Å². The highest BCUT2D eigenvalue weighted by molar-refractivity contribution is 5.84. The van der Waals surface area contributed by atoms with Crippen LogP contribution in [-0.2, 0) is 9.53 Å². The van der Waals surface area contributed by atoms with Gasteiger partial charge in [0, 0.05) is 26.3 Å². The van der Waals surface area contributed by atoms with Crippen molar-refractivity contribution in [2.45, 2.75) is 19.4 Å². The van der Waals surface area contributed by atoms with Gasteiger partial charge in [-0.1, -0.05) is 0 Å². The van der Waals surface area contributed by atoms with Crippen molar-refractivity contribution >= 4 is 11.6 Å². The lowest BCUT2D eigenvalue weighted by atomic mass is 10.2. The highest BCUT2D eigenvalue weighted by Gasteiger charge is 2.14. The van der Waals surface area contributed by atoms with E-state index in [1.54, 1.807) is 46.5 Å². The number of amides is 1. The first-order valence-corrected chi connectivity index (χ1v) is 6.87. The van der Waals surface area contributed by atoms with Crippen LogP contribution in [-0.4, -0.2) is 46.4 Å². The van der Waals surface area contributed by atoms with Gasteiger partial charge < -0.3 is 24.8 Å². The number of benzene rings is 1. The van der Waals surface area contributed by atoms with Crippen LogP contribution < -0.4 is 20.1 Å². The maximum absolute atomic E-state index is 12.0. The van der Waals surface area contributed by atoms with Crippen LogP contribution in [0.5, 0.6) is 11.5 Å². The number of nitrogens with one attached hydrogen (secondary N) is 2. The summed E-state index contributed by atoms with van der Waals surface area (Å²) in [6.07, 6.45) is 0.789. The van der Waals surface area contributed by atoms with Crippen LogP contribution >= 0.6 is 0 Å². The van der Waals surface area contributed by atoms with Crippen LogP contribution in [0.4, 0.5) is 5.69 Å². The summed E-state index contributed by atoms with van der Waals surface area (Å²) in [6.45, 7) is 3.02. The molecule has 0 aliphatic rings. The van der Waals surface area contributed by atoms with Crippen molar-refractivity contribution in [1.29, 1.82) is 0 Å². The van der Waals surface area contributed by atoms with Crippen molar-refractivity contribution in [2.75, 3.05) is 39.8 Å². The van der Waals surface area contributed by atoms with Gasteiger partial charge in [-0.25, -0.2) is 0 Å². The fourth-order valence-electron chi connectivity index (χ4n) is 1.81. The molecule has 2 N–H and O–H groups in total. The van der Waals surface area contributed by atoms with E-state index in [4.69, 9.17) is 14.2 Å². The molecule has 1 aromatic carbocycles.